The van der Waals surface area contributed by atoms with Crippen molar-refractivity contribution in [2.24, 2.45) is 0 Å². The van der Waals surface area contributed by atoms with Crippen LogP contribution in [0.4, 0.5) is 19.0 Å². The quantitative estimate of drug-likeness (QED) is 0.551. The van der Waals surface area contributed by atoms with Gasteiger partial charge >= 0.3 is 6.18 Å². The number of nitrogens with one attached hydrogen (secondary N) is 1. The lowest BCUT2D eigenvalue weighted by atomic mass is 10.1. The molecule has 0 aliphatic rings. The zero-order valence-electron chi connectivity index (χ0n) is 14.9. The summed E-state index contributed by atoms with van der Waals surface area (Å²) in [6.07, 6.45) is -2.23. The molecule has 0 aliphatic heterocycles. The number of aryl methyl sites for hydroxylation is 1. The Bertz CT molecular complexity index is 1100. The lowest BCUT2D eigenvalue weighted by Crippen LogP contribution is -2.10. The Labute approximate surface area is 158 Å². The van der Waals surface area contributed by atoms with Gasteiger partial charge in [0.2, 0.25) is 0 Å². The van der Waals surface area contributed by atoms with E-state index in [4.69, 9.17) is 4.42 Å². The number of hydrogen-bond donors (Lipinski definition) is 1. The second-order valence-electron chi connectivity index (χ2n) is 6.31. The number of benzene rings is 1. The number of rotatable bonds is 5. The Kier molecular flexibility index (Phi) is 4.50. The molecule has 6 nitrogen and oxygen atoms in total. The van der Waals surface area contributed by atoms with E-state index >= 15 is 0 Å². The molecule has 0 aliphatic carbocycles. The molecule has 1 N–H and O–H groups in total. The molecule has 0 saturated heterocycles. The van der Waals surface area contributed by atoms with Gasteiger partial charge in [0, 0.05) is 12.6 Å². The van der Waals surface area contributed by atoms with Gasteiger partial charge in [-0.3, -0.25) is 4.40 Å². The van der Waals surface area contributed by atoms with Crippen LogP contribution in [0, 0.1) is 6.92 Å². The smallest absolute Gasteiger partial charge is 0.416 e. The molecule has 3 heterocycles. The summed E-state index contributed by atoms with van der Waals surface area (Å²) >= 11 is 0. The van der Waals surface area contributed by atoms with Crippen molar-refractivity contribution in [1.29, 1.82) is 0 Å². The summed E-state index contributed by atoms with van der Waals surface area (Å²) in [6.45, 7) is 2.36. The van der Waals surface area contributed by atoms with Crippen molar-refractivity contribution < 1.29 is 17.6 Å². The van der Waals surface area contributed by atoms with E-state index in [-0.39, 0.29) is 0 Å². The van der Waals surface area contributed by atoms with Gasteiger partial charge in [-0.05, 0) is 43.2 Å². The third-order valence-corrected chi connectivity index (χ3v) is 4.28. The Morgan fingerprint density at radius 3 is 2.57 bits per heavy atom. The number of hydrogen-bond acceptors (Lipinski definition) is 5. The van der Waals surface area contributed by atoms with Gasteiger partial charge in [0.1, 0.15) is 23.6 Å². The van der Waals surface area contributed by atoms with Crippen LogP contribution >= 0.6 is 0 Å². The molecule has 0 atom stereocenters. The van der Waals surface area contributed by atoms with Crippen LogP contribution in [0.3, 0.4) is 0 Å². The Morgan fingerprint density at radius 2 is 1.89 bits per heavy atom. The molecule has 0 fully saturated rings. The van der Waals surface area contributed by atoms with Crippen LogP contribution in [0.25, 0.3) is 17.2 Å². The first-order valence-corrected chi connectivity index (χ1v) is 8.58. The predicted molar refractivity (Wildman–Crippen MR) is 96.9 cm³/mol. The van der Waals surface area contributed by atoms with Gasteiger partial charge < -0.3 is 9.73 Å². The molecule has 1 aromatic carbocycles. The number of alkyl halides is 3. The van der Waals surface area contributed by atoms with Crippen LogP contribution in [0.1, 0.15) is 16.9 Å². The zero-order chi connectivity index (χ0) is 19.7. The maximum absolute atomic E-state index is 12.6. The minimum absolute atomic E-state index is 0.420. The van der Waals surface area contributed by atoms with Crippen LogP contribution in [0.5, 0.6) is 0 Å². The second kappa shape index (κ2) is 6.99. The van der Waals surface area contributed by atoms with E-state index in [9.17, 15) is 13.2 Å². The van der Waals surface area contributed by atoms with Gasteiger partial charge in [0.15, 0.2) is 5.76 Å². The van der Waals surface area contributed by atoms with Gasteiger partial charge in [-0.25, -0.2) is 4.98 Å². The van der Waals surface area contributed by atoms with Gasteiger partial charge in [0.25, 0.3) is 5.78 Å². The highest BCUT2D eigenvalue weighted by Crippen LogP contribution is 2.29. The van der Waals surface area contributed by atoms with Crippen LogP contribution in [-0.2, 0) is 12.6 Å². The number of fused-ring (bicyclic) bond motifs is 1. The standard InChI is InChI=1S/C19H16F3N5O/c1-12-2-7-16(28-12)15-10-17(27-11-24-26-18(27)25-15)23-9-8-13-3-5-14(6-4-13)19(20,21)22/h2-7,10-11,23H,8-9H2,1H3. The molecular weight excluding hydrogens is 371 g/mol. The van der Waals surface area contributed by atoms with Gasteiger partial charge in [-0.1, -0.05) is 12.1 Å². The summed E-state index contributed by atoms with van der Waals surface area (Å²) in [7, 11) is 0. The van der Waals surface area contributed by atoms with Crippen molar-refractivity contribution in [3.63, 3.8) is 0 Å². The van der Waals surface area contributed by atoms with Gasteiger partial charge in [-0.2, -0.15) is 13.2 Å². The topological polar surface area (TPSA) is 68.2 Å². The predicted octanol–water partition coefficient (Wildman–Crippen LogP) is 4.37. The fraction of sp³-hybridized carbons (Fsp3) is 0.211. The van der Waals surface area contributed by atoms with E-state index in [1.165, 1.54) is 12.1 Å². The van der Waals surface area contributed by atoms with E-state index in [0.717, 1.165) is 23.5 Å². The van der Waals surface area contributed by atoms with Crippen LogP contribution < -0.4 is 5.32 Å². The molecule has 4 rings (SSSR count). The molecule has 9 heteroatoms. The van der Waals surface area contributed by atoms with E-state index < -0.39 is 11.7 Å². The number of furan rings is 1. The van der Waals surface area contributed by atoms with Crippen molar-refractivity contribution in [3.8, 4) is 11.5 Å². The lowest BCUT2D eigenvalue weighted by Gasteiger charge is -2.11. The molecule has 144 valence electrons. The Balaban J connectivity index is 1.51. The SMILES string of the molecule is Cc1ccc(-c2cc(NCCc3ccc(C(F)(F)F)cc3)n3cnnc3n2)o1. The molecule has 0 amide bonds. The molecule has 4 aromatic rings. The normalized spacial score (nSPS) is 11.9. The summed E-state index contributed by atoms with van der Waals surface area (Å²) in [5, 5.41) is 11.1. The Hall–Kier alpha value is -3.36. The first-order chi connectivity index (χ1) is 13.4. The number of anilines is 1. The molecule has 0 radical (unpaired) electrons. The molecule has 0 unspecified atom stereocenters. The summed E-state index contributed by atoms with van der Waals surface area (Å²) in [5.41, 5.74) is 0.769. The highest BCUT2D eigenvalue weighted by atomic mass is 19.4. The fourth-order valence-electron chi connectivity index (χ4n) is 2.84. The molecule has 28 heavy (non-hydrogen) atoms. The van der Waals surface area contributed by atoms with Gasteiger partial charge in [0.05, 0.1) is 5.56 Å². The average Bonchev–Trinajstić information content (AvgIpc) is 3.30. The number of halogens is 3. The summed E-state index contributed by atoms with van der Waals surface area (Å²) in [4.78, 5) is 4.43. The summed E-state index contributed by atoms with van der Waals surface area (Å²) < 4.78 is 45.3. The van der Waals surface area contributed by atoms with Gasteiger partial charge in [-0.15, -0.1) is 10.2 Å². The van der Waals surface area contributed by atoms with Crippen molar-refractivity contribution in [2.75, 3.05) is 11.9 Å². The molecule has 0 bridgehead atoms. The van der Waals surface area contributed by atoms with E-state index in [1.54, 1.807) is 10.7 Å². The molecule has 0 saturated carbocycles. The first-order valence-electron chi connectivity index (χ1n) is 8.58. The molecule has 0 spiro atoms. The molecule has 3 aromatic heterocycles. The maximum Gasteiger partial charge on any atom is 0.416 e. The summed E-state index contributed by atoms with van der Waals surface area (Å²) in [5.74, 6) is 2.53. The van der Waals surface area contributed by atoms with Crippen LogP contribution in [0.2, 0.25) is 0 Å². The van der Waals surface area contributed by atoms with E-state index in [2.05, 4.69) is 20.5 Å². The van der Waals surface area contributed by atoms with Crippen molar-refractivity contribution in [2.45, 2.75) is 19.5 Å². The van der Waals surface area contributed by atoms with Crippen molar-refractivity contribution >= 4 is 11.6 Å². The van der Waals surface area contributed by atoms with Crippen molar-refractivity contribution in [3.05, 3.63) is 65.7 Å². The van der Waals surface area contributed by atoms with E-state index in [1.807, 2.05) is 25.1 Å². The highest BCUT2D eigenvalue weighted by Gasteiger charge is 2.29. The summed E-state index contributed by atoms with van der Waals surface area (Å²) in [6, 6.07) is 10.7. The van der Waals surface area contributed by atoms with Crippen LogP contribution in [-0.4, -0.2) is 26.1 Å². The fourth-order valence-corrected chi connectivity index (χ4v) is 2.84. The van der Waals surface area contributed by atoms with Crippen LogP contribution in [0.15, 0.2) is 53.2 Å². The highest BCUT2D eigenvalue weighted by molar-refractivity contribution is 5.61. The van der Waals surface area contributed by atoms with Crippen molar-refractivity contribution in [1.82, 2.24) is 19.6 Å². The third-order valence-electron chi connectivity index (χ3n) is 4.28. The molecular formula is C19H16F3N5O. The lowest BCUT2D eigenvalue weighted by molar-refractivity contribution is -0.137. The third kappa shape index (κ3) is 3.68. The second-order valence-corrected chi connectivity index (χ2v) is 6.31. The maximum atomic E-state index is 12.6. The average molecular weight is 387 g/mol. The monoisotopic (exact) mass is 387 g/mol. The largest absolute Gasteiger partial charge is 0.460 e. The Morgan fingerprint density at radius 1 is 1.11 bits per heavy atom. The van der Waals surface area contributed by atoms with E-state index in [0.29, 0.717) is 36.0 Å². The number of nitrogens with zero attached hydrogens (tertiary/aromatic N) is 4. The number of aromatic nitrogens is 4. The zero-order valence-corrected chi connectivity index (χ0v) is 14.9. The minimum atomic E-state index is -4.32. The first kappa shape index (κ1) is 18.0. The minimum Gasteiger partial charge on any atom is -0.460 e.